The number of carbonyl (C=O) groups is 1. The third kappa shape index (κ3) is 3.64. The molecule has 7 heteroatoms. The number of fused-ring (bicyclic) bond motifs is 5. The van der Waals surface area contributed by atoms with Crippen molar-refractivity contribution in [1.29, 1.82) is 0 Å². The number of para-hydroxylation sites is 1. The minimum atomic E-state index is -0.254. The molecule has 0 atom stereocenters. The highest BCUT2D eigenvalue weighted by molar-refractivity contribution is 6.30. The van der Waals surface area contributed by atoms with Crippen molar-refractivity contribution in [1.82, 2.24) is 14.6 Å². The number of rotatable bonds is 4. The van der Waals surface area contributed by atoms with Gasteiger partial charge in [0.05, 0.1) is 29.4 Å². The maximum absolute atomic E-state index is 12.9. The van der Waals surface area contributed by atoms with Crippen LogP contribution >= 0.6 is 11.6 Å². The van der Waals surface area contributed by atoms with Crippen molar-refractivity contribution >= 4 is 50.6 Å². The van der Waals surface area contributed by atoms with Crippen LogP contribution in [0.15, 0.2) is 91.0 Å². The monoisotopic (exact) mass is 478 g/mol. The van der Waals surface area contributed by atoms with Crippen LogP contribution in [0.4, 0.5) is 5.69 Å². The number of hydrogen-bond acceptors (Lipinski definition) is 4. The first-order valence-corrected chi connectivity index (χ1v) is 11.4. The Balaban J connectivity index is 1.51. The number of ether oxygens (including phenoxy) is 1. The Morgan fingerprint density at radius 1 is 0.914 bits per heavy atom. The van der Waals surface area contributed by atoms with E-state index in [4.69, 9.17) is 26.4 Å². The summed E-state index contributed by atoms with van der Waals surface area (Å²) in [7, 11) is 1.55. The smallest absolute Gasteiger partial charge is 0.259 e. The highest BCUT2D eigenvalue weighted by Crippen LogP contribution is 2.32. The molecule has 0 aliphatic carbocycles. The molecular weight excluding hydrogens is 460 g/mol. The minimum absolute atomic E-state index is 0.254. The lowest BCUT2D eigenvalue weighted by atomic mass is 10.1. The van der Waals surface area contributed by atoms with E-state index in [-0.39, 0.29) is 5.91 Å². The van der Waals surface area contributed by atoms with Crippen LogP contribution in [0.25, 0.3) is 38.7 Å². The van der Waals surface area contributed by atoms with Crippen molar-refractivity contribution in [3.63, 3.8) is 0 Å². The number of hydrogen-bond donors (Lipinski definition) is 1. The number of imidazole rings is 1. The molecule has 6 nitrogen and oxygen atoms in total. The van der Waals surface area contributed by atoms with Gasteiger partial charge in [0.25, 0.3) is 5.91 Å². The number of nitrogens with zero attached hydrogens (tertiary/aromatic N) is 3. The third-order valence-corrected chi connectivity index (χ3v) is 6.23. The summed E-state index contributed by atoms with van der Waals surface area (Å²) in [4.78, 5) is 17.8. The van der Waals surface area contributed by atoms with Gasteiger partial charge < -0.3 is 10.1 Å². The van der Waals surface area contributed by atoms with Crippen LogP contribution in [0.5, 0.6) is 5.75 Å². The molecule has 1 N–H and O–H groups in total. The van der Waals surface area contributed by atoms with E-state index >= 15 is 0 Å². The second-order valence-electron chi connectivity index (χ2n) is 8.11. The highest BCUT2D eigenvalue weighted by Gasteiger charge is 2.16. The van der Waals surface area contributed by atoms with E-state index in [0.717, 1.165) is 38.7 Å². The molecule has 2 aromatic heterocycles. The summed E-state index contributed by atoms with van der Waals surface area (Å²) < 4.78 is 7.16. The van der Waals surface area contributed by atoms with E-state index in [0.29, 0.717) is 22.0 Å². The number of amides is 1. The predicted molar refractivity (Wildman–Crippen MR) is 139 cm³/mol. The van der Waals surface area contributed by atoms with E-state index in [1.165, 1.54) is 0 Å². The number of halogens is 1. The van der Waals surface area contributed by atoms with Crippen molar-refractivity contribution in [3.05, 3.63) is 102 Å². The summed E-state index contributed by atoms with van der Waals surface area (Å²) in [5.41, 5.74) is 5.20. The van der Waals surface area contributed by atoms with Gasteiger partial charge in [-0.05, 0) is 42.5 Å². The zero-order valence-corrected chi connectivity index (χ0v) is 19.5. The first kappa shape index (κ1) is 21.1. The fourth-order valence-electron chi connectivity index (χ4n) is 4.31. The molecule has 6 rings (SSSR count). The Bertz CT molecular complexity index is 1740. The zero-order valence-electron chi connectivity index (χ0n) is 18.7. The molecule has 4 aromatic carbocycles. The third-order valence-electron chi connectivity index (χ3n) is 5.98. The zero-order chi connectivity index (χ0) is 23.9. The fourth-order valence-corrected chi connectivity index (χ4v) is 4.43. The normalized spacial score (nSPS) is 11.3. The molecule has 0 aliphatic heterocycles. The quantitative estimate of drug-likeness (QED) is 0.309. The minimum Gasteiger partial charge on any atom is -0.496 e. The van der Waals surface area contributed by atoms with Crippen LogP contribution in [0.2, 0.25) is 5.02 Å². The number of anilines is 1. The molecule has 0 fully saturated rings. The number of methoxy groups -OCH3 is 1. The van der Waals surface area contributed by atoms with Crippen LogP contribution in [-0.4, -0.2) is 27.6 Å². The lowest BCUT2D eigenvalue weighted by Gasteiger charge is -2.10. The van der Waals surface area contributed by atoms with Crippen LogP contribution in [0.3, 0.4) is 0 Å². The largest absolute Gasteiger partial charge is 0.496 e. The van der Waals surface area contributed by atoms with Gasteiger partial charge in [0.1, 0.15) is 5.75 Å². The van der Waals surface area contributed by atoms with E-state index in [1.54, 1.807) is 25.3 Å². The Morgan fingerprint density at radius 2 is 1.66 bits per heavy atom. The van der Waals surface area contributed by atoms with Crippen molar-refractivity contribution in [2.75, 3.05) is 12.4 Å². The first-order valence-electron chi connectivity index (χ1n) is 11.0. The standard InChI is InChI=1S/C28H19ClN4O2/c1-35-25-9-5-4-8-22(25)28(34)30-19-14-15-23-24(16-19)33-27(31-23)21-7-3-2-6-20(21)26(32-33)17-10-12-18(29)13-11-17/h2-16H,1H3,(H,30,34). The molecule has 6 aromatic rings. The Kier molecular flexibility index (Phi) is 5.08. The maximum Gasteiger partial charge on any atom is 0.259 e. The van der Waals surface area contributed by atoms with Gasteiger partial charge in [-0.25, -0.2) is 9.50 Å². The number of nitrogens with one attached hydrogen (secondary N) is 1. The Morgan fingerprint density at radius 3 is 2.46 bits per heavy atom. The number of benzene rings is 4. The second kappa shape index (κ2) is 8.42. The van der Waals surface area contributed by atoms with E-state index in [1.807, 2.05) is 77.3 Å². The lowest BCUT2D eigenvalue weighted by Crippen LogP contribution is -2.13. The Labute approximate surface area is 205 Å². The molecule has 0 spiro atoms. The van der Waals surface area contributed by atoms with E-state index in [9.17, 15) is 4.79 Å². The van der Waals surface area contributed by atoms with Crippen molar-refractivity contribution < 1.29 is 9.53 Å². The van der Waals surface area contributed by atoms with Crippen molar-refractivity contribution in [2.45, 2.75) is 0 Å². The average Bonchev–Trinajstić information content (AvgIpc) is 3.27. The Hall–Kier alpha value is -4.42. The molecule has 0 saturated heterocycles. The number of aromatic nitrogens is 3. The summed E-state index contributed by atoms with van der Waals surface area (Å²) in [5.74, 6) is 0.262. The van der Waals surface area contributed by atoms with Gasteiger partial charge in [-0.2, -0.15) is 5.10 Å². The molecule has 0 radical (unpaired) electrons. The molecule has 2 heterocycles. The molecular formula is C28H19ClN4O2. The molecule has 0 saturated carbocycles. The van der Waals surface area contributed by atoms with Crippen LogP contribution in [-0.2, 0) is 0 Å². The lowest BCUT2D eigenvalue weighted by molar-refractivity contribution is 0.102. The summed E-state index contributed by atoms with van der Waals surface area (Å²) in [6.07, 6.45) is 0. The second-order valence-corrected chi connectivity index (χ2v) is 8.54. The summed E-state index contributed by atoms with van der Waals surface area (Å²) in [6.45, 7) is 0. The maximum atomic E-state index is 12.9. The highest BCUT2D eigenvalue weighted by atomic mass is 35.5. The van der Waals surface area contributed by atoms with Gasteiger partial charge >= 0.3 is 0 Å². The van der Waals surface area contributed by atoms with E-state index < -0.39 is 0 Å². The van der Waals surface area contributed by atoms with Gasteiger partial charge in [-0.3, -0.25) is 4.79 Å². The summed E-state index contributed by atoms with van der Waals surface area (Å²) >= 11 is 6.12. The molecule has 0 unspecified atom stereocenters. The topological polar surface area (TPSA) is 68.5 Å². The molecule has 1 amide bonds. The van der Waals surface area contributed by atoms with Gasteiger partial charge in [0.2, 0.25) is 0 Å². The van der Waals surface area contributed by atoms with Crippen LogP contribution in [0, 0.1) is 0 Å². The molecule has 0 bridgehead atoms. The van der Waals surface area contributed by atoms with E-state index in [2.05, 4.69) is 5.32 Å². The molecule has 170 valence electrons. The van der Waals surface area contributed by atoms with Gasteiger partial charge in [0.15, 0.2) is 5.65 Å². The fraction of sp³-hybridized carbons (Fsp3) is 0.0357. The molecule has 35 heavy (non-hydrogen) atoms. The van der Waals surface area contributed by atoms with Gasteiger partial charge in [-0.1, -0.05) is 60.1 Å². The average molecular weight is 479 g/mol. The SMILES string of the molecule is COc1ccccc1C(=O)Nc1ccc2nc3c4ccccc4c(-c4ccc(Cl)cc4)nn3c2c1. The van der Waals surface area contributed by atoms with Crippen molar-refractivity contribution in [3.8, 4) is 17.0 Å². The van der Waals surface area contributed by atoms with Crippen LogP contribution < -0.4 is 10.1 Å². The van der Waals surface area contributed by atoms with Gasteiger partial charge in [-0.15, -0.1) is 0 Å². The summed E-state index contributed by atoms with van der Waals surface area (Å²) in [6, 6.07) is 28.4. The van der Waals surface area contributed by atoms with Crippen molar-refractivity contribution in [2.24, 2.45) is 0 Å². The number of carbonyl (C=O) groups excluding carboxylic acids is 1. The predicted octanol–water partition coefficient (Wildman–Crippen LogP) is 6.62. The van der Waals surface area contributed by atoms with Crippen LogP contribution in [0.1, 0.15) is 10.4 Å². The van der Waals surface area contributed by atoms with Gasteiger partial charge in [0, 0.05) is 27.0 Å². The first-order chi connectivity index (χ1) is 17.1. The summed E-state index contributed by atoms with van der Waals surface area (Å²) in [5, 5.41) is 10.6. The molecule has 0 aliphatic rings.